The van der Waals surface area contributed by atoms with Crippen LogP contribution in [0.4, 0.5) is 4.79 Å². The monoisotopic (exact) mass is 479 g/mol. The average Bonchev–Trinajstić information content (AvgIpc) is 3.63. The summed E-state index contributed by atoms with van der Waals surface area (Å²) < 4.78 is 23.0. The highest BCUT2D eigenvalue weighted by Crippen LogP contribution is 2.60. The number of ether oxygens (including phenoxy) is 3. The van der Waals surface area contributed by atoms with Gasteiger partial charge >= 0.3 is 11.8 Å². The van der Waals surface area contributed by atoms with Gasteiger partial charge in [0.2, 0.25) is 0 Å². The van der Waals surface area contributed by atoms with Crippen molar-refractivity contribution >= 4 is 6.09 Å². The van der Waals surface area contributed by atoms with Crippen LogP contribution in [0.25, 0.3) is 0 Å². The van der Waals surface area contributed by atoms with E-state index in [1.54, 1.807) is 7.11 Å². The summed E-state index contributed by atoms with van der Waals surface area (Å²) in [5, 5.41) is 14.1. The molecule has 10 nitrogen and oxygen atoms in total. The highest BCUT2D eigenvalue weighted by molar-refractivity contribution is 5.66. The third-order valence-electron chi connectivity index (χ3n) is 7.85. The minimum Gasteiger partial charge on any atom is -0.465 e. The van der Waals surface area contributed by atoms with Crippen molar-refractivity contribution in [1.82, 2.24) is 15.0 Å². The molecule has 0 radical (unpaired) electrons. The number of nitrogens with zero attached hydrogens (tertiary/aromatic N) is 2. The van der Waals surface area contributed by atoms with E-state index in [0.29, 0.717) is 18.9 Å². The summed E-state index contributed by atoms with van der Waals surface area (Å²) in [7, 11) is 1.64. The van der Waals surface area contributed by atoms with Crippen LogP contribution in [-0.4, -0.2) is 75.5 Å². The summed E-state index contributed by atoms with van der Waals surface area (Å²) in [5.74, 6) is -0.446. The molecule has 190 valence electrons. The summed E-state index contributed by atoms with van der Waals surface area (Å²) in [6.45, 7) is 10.8. The molecule has 1 unspecified atom stereocenters. The van der Waals surface area contributed by atoms with Gasteiger partial charge in [-0.05, 0) is 46.0 Å². The van der Waals surface area contributed by atoms with Crippen LogP contribution in [0.15, 0.2) is 21.0 Å². The zero-order chi connectivity index (χ0) is 24.8. The van der Waals surface area contributed by atoms with Crippen LogP contribution < -0.4 is 5.76 Å². The van der Waals surface area contributed by atoms with Crippen molar-refractivity contribution in [2.24, 2.45) is 11.8 Å². The Balaban J connectivity index is 1.64. The van der Waals surface area contributed by atoms with Crippen molar-refractivity contribution in [3.05, 3.63) is 28.0 Å². The molecule has 1 spiro atoms. The Morgan fingerprint density at radius 3 is 2.62 bits per heavy atom. The van der Waals surface area contributed by atoms with Crippen LogP contribution in [0, 0.1) is 11.8 Å². The Morgan fingerprint density at radius 1 is 1.41 bits per heavy atom. The number of H-pyrrole nitrogens is 1. The topological polar surface area (TPSA) is 134 Å². The van der Waals surface area contributed by atoms with Gasteiger partial charge < -0.3 is 19.3 Å². The lowest BCUT2D eigenvalue weighted by Gasteiger charge is -2.49. The van der Waals surface area contributed by atoms with Gasteiger partial charge in [-0.25, -0.2) is 9.59 Å². The maximum Gasteiger partial charge on any atom is 0.438 e. The second kappa shape index (κ2) is 9.13. The number of methoxy groups -OCH3 is 1. The number of hydrogen-bond donors (Lipinski definition) is 2. The Labute approximate surface area is 199 Å². The highest BCUT2D eigenvalue weighted by atomic mass is 16.6. The molecule has 3 heterocycles. The normalized spacial score (nSPS) is 35.3. The van der Waals surface area contributed by atoms with Gasteiger partial charge in [0.1, 0.15) is 5.60 Å². The molecule has 1 aromatic heterocycles. The lowest BCUT2D eigenvalue weighted by molar-refractivity contribution is -0.101. The Morgan fingerprint density at radius 2 is 2.12 bits per heavy atom. The maximum absolute atomic E-state index is 12.7. The second-order valence-corrected chi connectivity index (χ2v) is 10.7. The number of amides is 1. The van der Waals surface area contributed by atoms with Crippen LogP contribution >= 0.6 is 0 Å². The van der Waals surface area contributed by atoms with Gasteiger partial charge in [-0.3, -0.25) is 14.4 Å². The molecule has 2 N–H and O–H groups in total. The summed E-state index contributed by atoms with van der Waals surface area (Å²) in [5.41, 5.74) is 0.458. The molecule has 4 rings (SSSR count). The second-order valence-electron chi connectivity index (χ2n) is 10.7. The third kappa shape index (κ3) is 4.55. The first kappa shape index (κ1) is 24.9. The highest BCUT2D eigenvalue weighted by Gasteiger charge is 2.72. The molecule has 1 aromatic rings. The number of carboxylic acid groups (broad SMARTS) is 1. The summed E-state index contributed by atoms with van der Waals surface area (Å²) in [6.07, 6.45) is 3.22. The van der Waals surface area contributed by atoms with Crippen LogP contribution in [-0.2, 0) is 20.6 Å². The largest absolute Gasteiger partial charge is 0.465 e. The predicted molar refractivity (Wildman–Crippen MR) is 123 cm³/mol. The lowest BCUT2D eigenvalue weighted by atomic mass is 9.67. The van der Waals surface area contributed by atoms with Gasteiger partial charge in [0.05, 0.1) is 30.5 Å². The number of aromatic nitrogens is 2. The number of carbonyl (C=O) groups is 1. The Bertz CT molecular complexity index is 977. The first-order chi connectivity index (χ1) is 16.0. The number of hydrogen-bond acceptors (Lipinski definition) is 7. The molecular weight excluding hydrogens is 442 g/mol. The fourth-order valence-corrected chi connectivity index (χ4v) is 5.99. The third-order valence-corrected chi connectivity index (χ3v) is 7.85. The van der Waals surface area contributed by atoms with Gasteiger partial charge in [-0.1, -0.05) is 30.7 Å². The van der Waals surface area contributed by atoms with E-state index in [2.05, 4.69) is 41.5 Å². The fourth-order valence-electron chi connectivity index (χ4n) is 5.99. The van der Waals surface area contributed by atoms with Crippen molar-refractivity contribution in [1.29, 1.82) is 0 Å². The molecule has 2 saturated heterocycles. The number of rotatable bonds is 9. The molecule has 2 aliphatic heterocycles. The number of nitrogens with one attached hydrogen (secondary N) is 1. The van der Waals surface area contributed by atoms with Gasteiger partial charge in [0.25, 0.3) is 0 Å². The first-order valence-corrected chi connectivity index (χ1v) is 12.1. The number of epoxide rings is 2. The van der Waals surface area contributed by atoms with E-state index in [0.717, 1.165) is 12.8 Å². The van der Waals surface area contributed by atoms with Crippen LogP contribution in [0.5, 0.6) is 0 Å². The molecule has 1 saturated carbocycles. The van der Waals surface area contributed by atoms with Crippen LogP contribution in [0.2, 0.25) is 0 Å². The SMILES string of the molecule is CO[C@@H]1[C@H](N(C(=O)O)C(Cc2noc(=O)[nH]2)C(C)C)CC[C@]2(CO2)[C@H]1[C@@]1(C)O[C@@H]1CC=C(C)C. The lowest BCUT2D eigenvalue weighted by Crippen LogP contribution is -2.63. The van der Waals surface area contributed by atoms with E-state index in [9.17, 15) is 14.7 Å². The van der Waals surface area contributed by atoms with Crippen LogP contribution in [0.1, 0.15) is 59.7 Å². The van der Waals surface area contributed by atoms with Gasteiger partial charge in [-0.15, -0.1) is 0 Å². The number of aromatic amines is 1. The minimum atomic E-state index is -1.02. The zero-order valence-corrected chi connectivity index (χ0v) is 20.9. The van der Waals surface area contributed by atoms with Gasteiger partial charge in [0.15, 0.2) is 5.82 Å². The van der Waals surface area contributed by atoms with Crippen molar-refractivity contribution in [2.45, 2.75) is 95.8 Å². The van der Waals surface area contributed by atoms with Gasteiger partial charge in [0, 0.05) is 25.5 Å². The molecule has 34 heavy (non-hydrogen) atoms. The maximum atomic E-state index is 12.7. The van der Waals surface area contributed by atoms with Crippen molar-refractivity contribution in [3.8, 4) is 0 Å². The molecule has 10 heteroatoms. The zero-order valence-electron chi connectivity index (χ0n) is 20.9. The summed E-state index contributed by atoms with van der Waals surface area (Å²) >= 11 is 0. The minimum absolute atomic E-state index is 0.0292. The molecule has 1 amide bonds. The van der Waals surface area contributed by atoms with Crippen molar-refractivity contribution < 1.29 is 28.6 Å². The van der Waals surface area contributed by atoms with Crippen LogP contribution in [0.3, 0.4) is 0 Å². The van der Waals surface area contributed by atoms with E-state index in [1.165, 1.54) is 10.5 Å². The van der Waals surface area contributed by atoms with Gasteiger partial charge in [-0.2, -0.15) is 0 Å². The quantitative estimate of drug-likeness (QED) is 0.408. The predicted octanol–water partition coefficient (Wildman–Crippen LogP) is 2.99. The van der Waals surface area contributed by atoms with E-state index in [-0.39, 0.29) is 30.0 Å². The van der Waals surface area contributed by atoms with E-state index < -0.39 is 35.6 Å². The summed E-state index contributed by atoms with van der Waals surface area (Å²) in [6, 6.07) is -0.816. The number of allylic oxidation sites excluding steroid dienone is 1. The molecular formula is C24H37N3O7. The molecule has 7 atom stereocenters. The molecule has 0 bridgehead atoms. The summed E-state index contributed by atoms with van der Waals surface area (Å²) in [4.78, 5) is 28.2. The van der Waals surface area contributed by atoms with E-state index in [1.807, 2.05) is 13.8 Å². The standard InChI is InChI=1S/C24H37N3O7/c1-13(2)7-8-17-23(5,33-17)20-19(31-6)15(9-10-24(20)12-32-24)27(22(29)30)16(14(3)4)11-18-25-21(28)34-26-18/h7,14-17,19-20H,8-12H2,1-6H3,(H,29,30)(H,25,26,28)/t15-,16?,17-,19-,20-,23+,24+/m1/s1. The fraction of sp³-hybridized carbons (Fsp3) is 0.792. The first-order valence-electron chi connectivity index (χ1n) is 12.1. The molecule has 3 aliphatic rings. The Kier molecular flexibility index (Phi) is 6.69. The average molecular weight is 480 g/mol. The van der Waals surface area contributed by atoms with Crippen molar-refractivity contribution in [3.63, 3.8) is 0 Å². The molecule has 1 aliphatic carbocycles. The molecule has 3 fully saturated rings. The smallest absolute Gasteiger partial charge is 0.438 e. The Hall–Kier alpha value is -2.17. The van der Waals surface area contributed by atoms with Crippen molar-refractivity contribution in [2.75, 3.05) is 13.7 Å². The molecule has 0 aromatic carbocycles. The van der Waals surface area contributed by atoms with E-state index >= 15 is 0 Å². The van der Waals surface area contributed by atoms with E-state index in [4.69, 9.17) is 14.2 Å².